The average molecular weight is 757 g/mol. The first-order valence-corrected chi connectivity index (χ1v) is 19.4. The first-order valence-electron chi connectivity index (χ1n) is 19.4. The Morgan fingerprint density at radius 1 is 0.643 bits per heavy atom. The second-order valence-electron chi connectivity index (χ2n) is 15.8. The van der Waals surface area contributed by atoms with Crippen molar-refractivity contribution >= 4 is 24.0 Å². The maximum atomic E-state index is 12.7. The lowest BCUT2D eigenvalue weighted by Gasteiger charge is -2.26. The third-order valence-corrected chi connectivity index (χ3v) is 11.1. The normalized spacial score (nSPS) is 19.7. The Hall–Kier alpha value is -5.74. The number of imide groups is 2. The first-order chi connectivity index (χ1) is 26.9. The van der Waals surface area contributed by atoms with E-state index in [1.807, 2.05) is 88.4 Å². The van der Waals surface area contributed by atoms with Gasteiger partial charge in [0.05, 0.1) is 18.6 Å². The summed E-state index contributed by atoms with van der Waals surface area (Å²) in [6.07, 6.45) is -0.0481. The Morgan fingerprint density at radius 2 is 1.04 bits per heavy atom. The van der Waals surface area contributed by atoms with E-state index in [1.165, 1.54) is 0 Å². The molecule has 10 nitrogen and oxygen atoms in total. The summed E-state index contributed by atoms with van der Waals surface area (Å²) in [5.74, 6) is -0.616. The van der Waals surface area contributed by atoms with Crippen molar-refractivity contribution in [3.05, 3.63) is 131 Å². The molecule has 290 valence electrons. The zero-order chi connectivity index (χ0) is 39.7. The standard InChI is InChI=1S/C23H25NO4.C23H23NO4/c2*1-14(2)11-20-21(25)12-22(26)24(20)23(27)28-13-19-17-9-5-3-7-15(17)16-8-4-6-10-18(16)19/h3-10,14,19-21,25H,11-13H2,1-2H3;3-10,12,14,19-20,25H,11,13H2,1-2H3/t20-,21-;20-/m00/s1. The number of benzene rings is 4. The lowest BCUT2D eigenvalue weighted by atomic mass is 9.98. The van der Waals surface area contributed by atoms with Crippen LogP contribution in [0.1, 0.15) is 81.0 Å². The fourth-order valence-electron chi connectivity index (χ4n) is 8.55. The summed E-state index contributed by atoms with van der Waals surface area (Å²) in [6.45, 7) is 8.28. The van der Waals surface area contributed by atoms with Gasteiger partial charge in [-0.25, -0.2) is 19.4 Å². The molecule has 2 heterocycles. The number of hydrogen-bond donors (Lipinski definition) is 2. The van der Waals surface area contributed by atoms with Crippen molar-refractivity contribution in [1.82, 2.24) is 9.80 Å². The summed E-state index contributed by atoms with van der Waals surface area (Å²) in [5.41, 5.74) is 9.09. The van der Waals surface area contributed by atoms with Crippen LogP contribution in [0.2, 0.25) is 0 Å². The van der Waals surface area contributed by atoms with Gasteiger partial charge >= 0.3 is 12.2 Å². The van der Waals surface area contributed by atoms with Crippen molar-refractivity contribution < 1.29 is 38.9 Å². The molecule has 2 aliphatic heterocycles. The van der Waals surface area contributed by atoms with Crippen LogP contribution in [-0.4, -0.2) is 75.4 Å². The number of carbonyl (C=O) groups excluding carboxylic acids is 4. The highest BCUT2D eigenvalue weighted by molar-refractivity contribution is 6.02. The molecule has 1 saturated heterocycles. The van der Waals surface area contributed by atoms with E-state index in [0.29, 0.717) is 12.8 Å². The molecule has 3 atom stereocenters. The van der Waals surface area contributed by atoms with Gasteiger partial charge in [0.2, 0.25) is 5.91 Å². The quantitative estimate of drug-likeness (QED) is 0.183. The van der Waals surface area contributed by atoms with Crippen molar-refractivity contribution in [3.8, 4) is 22.3 Å². The topological polar surface area (TPSA) is 134 Å². The number of carbonyl (C=O) groups is 4. The summed E-state index contributed by atoms with van der Waals surface area (Å²) in [4.78, 5) is 52.1. The van der Waals surface area contributed by atoms with Gasteiger partial charge in [0, 0.05) is 17.9 Å². The molecule has 56 heavy (non-hydrogen) atoms. The molecule has 0 radical (unpaired) electrons. The van der Waals surface area contributed by atoms with Gasteiger partial charge in [0.1, 0.15) is 25.0 Å². The maximum Gasteiger partial charge on any atom is 0.417 e. The fourth-order valence-corrected chi connectivity index (χ4v) is 8.55. The minimum atomic E-state index is -0.824. The summed E-state index contributed by atoms with van der Waals surface area (Å²) in [5, 5.41) is 20.3. The number of aliphatic hydroxyl groups excluding tert-OH is 2. The molecule has 4 aromatic rings. The molecule has 4 aromatic carbocycles. The second kappa shape index (κ2) is 16.2. The highest BCUT2D eigenvalue weighted by Crippen LogP contribution is 2.46. The third-order valence-electron chi connectivity index (χ3n) is 11.1. The second-order valence-corrected chi connectivity index (χ2v) is 15.8. The van der Waals surface area contributed by atoms with E-state index < -0.39 is 36.3 Å². The highest BCUT2D eigenvalue weighted by atomic mass is 16.6. The predicted molar refractivity (Wildman–Crippen MR) is 212 cm³/mol. The Balaban J connectivity index is 0.000000172. The van der Waals surface area contributed by atoms with Crippen molar-refractivity contribution in [2.75, 3.05) is 13.2 Å². The molecular formula is C46H48N2O8. The van der Waals surface area contributed by atoms with Crippen LogP contribution in [0.25, 0.3) is 22.3 Å². The molecule has 0 aromatic heterocycles. The SMILES string of the molecule is CC(C)C[C@H]1C(O)=CC(=O)N1C(=O)OCC1c2ccccc2-c2ccccc21.CC(C)C[C@H]1[C@@H](O)CC(=O)N1C(=O)OCC1c2ccccc2-c2ccccc21. The number of likely N-dealkylation sites (tertiary alicyclic amines) is 1. The Morgan fingerprint density at radius 3 is 1.45 bits per heavy atom. The van der Waals surface area contributed by atoms with Gasteiger partial charge in [-0.3, -0.25) is 9.59 Å². The van der Waals surface area contributed by atoms with Gasteiger partial charge in [-0.1, -0.05) is 125 Å². The number of rotatable bonds is 8. The van der Waals surface area contributed by atoms with Gasteiger partial charge < -0.3 is 19.7 Å². The molecule has 1 fully saturated rings. The molecule has 2 N–H and O–H groups in total. The van der Waals surface area contributed by atoms with E-state index in [9.17, 15) is 29.4 Å². The molecule has 4 aliphatic rings. The lowest BCUT2D eigenvalue weighted by Crippen LogP contribution is -2.43. The van der Waals surface area contributed by atoms with Gasteiger partial charge in [0.25, 0.3) is 5.91 Å². The number of amides is 4. The van der Waals surface area contributed by atoms with Crippen LogP contribution < -0.4 is 0 Å². The van der Waals surface area contributed by atoms with Crippen LogP contribution in [0.3, 0.4) is 0 Å². The minimum absolute atomic E-state index is 0.0262. The Labute approximate surface area is 327 Å². The van der Waals surface area contributed by atoms with Gasteiger partial charge in [-0.2, -0.15) is 0 Å². The summed E-state index contributed by atoms with van der Waals surface area (Å²) in [7, 11) is 0. The Kier molecular flexibility index (Phi) is 11.1. The van der Waals surface area contributed by atoms with E-state index in [1.54, 1.807) is 0 Å². The van der Waals surface area contributed by atoms with E-state index in [-0.39, 0.29) is 55.0 Å². The largest absolute Gasteiger partial charge is 0.510 e. The third kappa shape index (κ3) is 7.45. The zero-order valence-corrected chi connectivity index (χ0v) is 32.1. The van der Waals surface area contributed by atoms with Crippen molar-refractivity contribution in [2.24, 2.45) is 11.8 Å². The smallest absolute Gasteiger partial charge is 0.417 e. The highest BCUT2D eigenvalue weighted by Gasteiger charge is 2.44. The van der Waals surface area contributed by atoms with Crippen LogP contribution >= 0.6 is 0 Å². The number of fused-ring (bicyclic) bond motifs is 6. The fraction of sp³-hybridized carbons (Fsp3) is 0.348. The van der Waals surface area contributed by atoms with Crippen LogP contribution in [0.5, 0.6) is 0 Å². The summed E-state index contributed by atoms with van der Waals surface area (Å²) < 4.78 is 11.2. The molecule has 4 amide bonds. The lowest BCUT2D eigenvalue weighted by molar-refractivity contribution is -0.127. The molecule has 8 rings (SSSR count). The van der Waals surface area contributed by atoms with E-state index >= 15 is 0 Å². The van der Waals surface area contributed by atoms with E-state index in [4.69, 9.17) is 9.47 Å². The predicted octanol–water partition coefficient (Wildman–Crippen LogP) is 8.58. The van der Waals surface area contributed by atoms with Gasteiger partial charge in [0.15, 0.2) is 0 Å². The Bertz CT molecular complexity index is 1980. The molecule has 0 saturated carbocycles. The monoisotopic (exact) mass is 756 g/mol. The van der Waals surface area contributed by atoms with Crippen LogP contribution in [-0.2, 0) is 19.1 Å². The summed E-state index contributed by atoms with van der Waals surface area (Å²) >= 11 is 0. The number of ether oxygens (including phenoxy) is 2. The maximum absolute atomic E-state index is 12.7. The van der Waals surface area contributed by atoms with E-state index in [2.05, 4.69) is 36.4 Å². The zero-order valence-electron chi connectivity index (χ0n) is 32.1. The minimum Gasteiger partial charge on any atom is -0.510 e. The van der Waals surface area contributed by atoms with Crippen molar-refractivity contribution in [2.45, 2.75) is 77.0 Å². The molecule has 10 heteroatoms. The molecule has 0 bridgehead atoms. The van der Waals surface area contributed by atoms with Gasteiger partial charge in [-0.05, 0) is 69.2 Å². The van der Waals surface area contributed by atoms with Crippen LogP contribution in [0.4, 0.5) is 9.59 Å². The van der Waals surface area contributed by atoms with Crippen molar-refractivity contribution in [3.63, 3.8) is 0 Å². The average Bonchev–Trinajstić information content (AvgIpc) is 3.86. The molecule has 2 aliphatic carbocycles. The summed E-state index contributed by atoms with van der Waals surface area (Å²) in [6, 6.07) is 31.3. The number of hydrogen-bond acceptors (Lipinski definition) is 8. The molecule has 0 unspecified atom stereocenters. The first kappa shape index (κ1) is 38.5. The van der Waals surface area contributed by atoms with Gasteiger partial charge in [-0.15, -0.1) is 0 Å². The van der Waals surface area contributed by atoms with Crippen LogP contribution in [0.15, 0.2) is 109 Å². The van der Waals surface area contributed by atoms with E-state index in [0.717, 1.165) is 60.4 Å². The van der Waals surface area contributed by atoms with Crippen LogP contribution in [0, 0.1) is 11.8 Å². The van der Waals surface area contributed by atoms with Crippen molar-refractivity contribution in [1.29, 1.82) is 0 Å². The molecule has 0 spiro atoms. The number of aliphatic hydroxyl groups is 2. The number of nitrogens with zero attached hydrogens (tertiary/aromatic N) is 2. The molecular weight excluding hydrogens is 709 g/mol.